The van der Waals surface area contributed by atoms with Crippen molar-refractivity contribution < 1.29 is 24.1 Å². The van der Waals surface area contributed by atoms with Crippen LogP contribution in [0.4, 0.5) is 5.69 Å². The Hall–Kier alpha value is -2.57. The molecule has 3 rings (SSSR count). The lowest BCUT2D eigenvalue weighted by Gasteiger charge is -2.26. The topological polar surface area (TPSA) is 77.0 Å². The van der Waals surface area contributed by atoms with E-state index in [1.165, 1.54) is 0 Å². The van der Waals surface area contributed by atoms with Crippen LogP contribution in [0.5, 0.6) is 5.75 Å². The number of aliphatic hydroxyl groups excluding tert-OH is 1. The number of nitrogens with one attached hydrogen (secondary N) is 1. The first-order valence-corrected chi connectivity index (χ1v) is 8.99. The molecule has 0 unspecified atom stereocenters. The van der Waals surface area contributed by atoms with Gasteiger partial charge in [-0.1, -0.05) is 30.3 Å². The molecule has 0 aliphatic carbocycles. The first kappa shape index (κ1) is 19.2. The van der Waals surface area contributed by atoms with Crippen LogP contribution in [-0.2, 0) is 20.9 Å². The highest BCUT2D eigenvalue weighted by Gasteiger charge is 2.45. The highest BCUT2D eigenvalue weighted by Crippen LogP contribution is 2.28. The fourth-order valence-corrected chi connectivity index (χ4v) is 3.12. The number of hydrogen-bond acceptors (Lipinski definition) is 6. The third-order valence-electron chi connectivity index (χ3n) is 4.72. The smallest absolute Gasteiger partial charge is 0.311 e. The van der Waals surface area contributed by atoms with Gasteiger partial charge >= 0.3 is 5.97 Å². The molecule has 144 valence electrons. The Morgan fingerprint density at radius 1 is 1.15 bits per heavy atom. The van der Waals surface area contributed by atoms with E-state index in [-0.39, 0.29) is 24.5 Å². The van der Waals surface area contributed by atoms with Crippen LogP contribution in [0.15, 0.2) is 54.6 Å². The van der Waals surface area contributed by atoms with Crippen LogP contribution in [0, 0.1) is 5.92 Å². The normalized spacial score (nSPS) is 22.9. The summed E-state index contributed by atoms with van der Waals surface area (Å²) in [6.45, 7) is 2.27. The fraction of sp³-hybridized carbons (Fsp3) is 0.381. The molecule has 1 heterocycles. The number of anilines is 1. The molecule has 1 aliphatic heterocycles. The zero-order valence-corrected chi connectivity index (χ0v) is 15.5. The Kier molecular flexibility index (Phi) is 6.32. The largest absolute Gasteiger partial charge is 0.497 e. The lowest BCUT2D eigenvalue weighted by Crippen LogP contribution is -2.43. The summed E-state index contributed by atoms with van der Waals surface area (Å²) in [6.07, 6.45) is -1.59. The summed E-state index contributed by atoms with van der Waals surface area (Å²) >= 11 is 0. The van der Waals surface area contributed by atoms with E-state index in [2.05, 4.69) is 5.32 Å². The van der Waals surface area contributed by atoms with Gasteiger partial charge in [0, 0.05) is 5.69 Å². The second-order valence-corrected chi connectivity index (χ2v) is 6.66. The van der Waals surface area contributed by atoms with E-state index in [4.69, 9.17) is 14.2 Å². The molecule has 0 saturated carbocycles. The molecule has 2 aromatic rings. The van der Waals surface area contributed by atoms with Gasteiger partial charge in [-0.05, 0) is 36.8 Å². The number of benzene rings is 2. The van der Waals surface area contributed by atoms with Crippen molar-refractivity contribution in [3.8, 4) is 5.75 Å². The van der Waals surface area contributed by atoms with E-state index < -0.39 is 12.2 Å². The lowest BCUT2D eigenvalue weighted by atomic mass is 9.96. The molecule has 6 heteroatoms. The molecule has 0 amide bonds. The van der Waals surface area contributed by atoms with E-state index in [0.29, 0.717) is 6.61 Å². The summed E-state index contributed by atoms with van der Waals surface area (Å²) in [5, 5.41) is 13.8. The van der Waals surface area contributed by atoms with Crippen molar-refractivity contribution in [2.45, 2.75) is 31.8 Å². The molecule has 1 fully saturated rings. The minimum Gasteiger partial charge on any atom is -0.497 e. The SMILES string of the molecule is COc1ccc(N[C@H]2[C@@H]([C@@H](O)COCc3ccccc3)OC(=O)[C@H]2C)cc1. The summed E-state index contributed by atoms with van der Waals surface area (Å²) in [7, 11) is 1.61. The highest BCUT2D eigenvalue weighted by atomic mass is 16.6. The third kappa shape index (κ3) is 4.78. The van der Waals surface area contributed by atoms with Crippen LogP contribution in [0.2, 0.25) is 0 Å². The number of methoxy groups -OCH3 is 1. The first-order chi connectivity index (χ1) is 13.1. The molecule has 6 nitrogen and oxygen atoms in total. The molecule has 0 aromatic heterocycles. The van der Waals surface area contributed by atoms with E-state index in [1.54, 1.807) is 14.0 Å². The van der Waals surface area contributed by atoms with Gasteiger partial charge in [0.25, 0.3) is 0 Å². The van der Waals surface area contributed by atoms with Gasteiger partial charge in [0.2, 0.25) is 0 Å². The second-order valence-electron chi connectivity index (χ2n) is 6.66. The number of hydrogen-bond donors (Lipinski definition) is 2. The average molecular weight is 371 g/mol. The number of aliphatic hydroxyl groups is 1. The van der Waals surface area contributed by atoms with E-state index >= 15 is 0 Å². The Balaban J connectivity index is 1.60. The van der Waals surface area contributed by atoms with Gasteiger partial charge in [-0.3, -0.25) is 4.79 Å². The van der Waals surface area contributed by atoms with Crippen molar-refractivity contribution in [3.05, 3.63) is 60.2 Å². The van der Waals surface area contributed by atoms with Crippen molar-refractivity contribution >= 4 is 11.7 Å². The van der Waals surface area contributed by atoms with E-state index in [1.807, 2.05) is 54.6 Å². The standard InChI is InChI=1S/C21H25NO5/c1-14-19(22-16-8-10-17(25-2)11-9-16)20(27-21(14)24)18(23)13-26-12-15-6-4-3-5-7-15/h3-11,14,18-20,22-23H,12-13H2,1-2H3/t14-,18-,19+,20+/m0/s1. The Labute approximate surface area is 159 Å². The van der Waals surface area contributed by atoms with E-state index in [0.717, 1.165) is 17.0 Å². The van der Waals surface area contributed by atoms with Gasteiger partial charge in [-0.25, -0.2) is 0 Å². The first-order valence-electron chi connectivity index (χ1n) is 8.99. The lowest BCUT2D eigenvalue weighted by molar-refractivity contribution is -0.149. The van der Waals surface area contributed by atoms with Crippen LogP contribution >= 0.6 is 0 Å². The fourth-order valence-electron chi connectivity index (χ4n) is 3.12. The van der Waals surface area contributed by atoms with Crippen molar-refractivity contribution in [2.75, 3.05) is 19.0 Å². The van der Waals surface area contributed by atoms with Gasteiger partial charge in [0.1, 0.15) is 11.9 Å². The van der Waals surface area contributed by atoms with Crippen molar-refractivity contribution in [1.82, 2.24) is 0 Å². The maximum atomic E-state index is 12.1. The summed E-state index contributed by atoms with van der Waals surface area (Å²) < 4.78 is 16.2. The minimum absolute atomic E-state index is 0.0837. The van der Waals surface area contributed by atoms with Crippen LogP contribution in [0.25, 0.3) is 0 Å². The Morgan fingerprint density at radius 2 is 1.85 bits per heavy atom. The molecule has 27 heavy (non-hydrogen) atoms. The predicted octanol–water partition coefficient (Wildman–Crippen LogP) is 2.61. The number of esters is 1. The van der Waals surface area contributed by atoms with E-state index in [9.17, 15) is 9.90 Å². The monoisotopic (exact) mass is 371 g/mol. The zero-order valence-electron chi connectivity index (χ0n) is 15.5. The number of carbonyl (C=O) groups is 1. The number of ether oxygens (including phenoxy) is 3. The average Bonchev–Trinajstić information content (AvgIpc) is 2.98. The van der Waals surface area contributed by atoms with Crippen LogP contribution in [0.3, 0.4) is 0 Å². The molecular weight excluding hydrogens is 346 g/mol. The molecule has 2 N–H and O–H groups in total. The second kappa shape index (κ2) is 8.88. The molecule has 4 atom stereocenters. The third-order valence-corrected chi connectivity index (χ3v) is 4.72. The predicted molar refractivity (Wildman–Crippen MR) is 102 cm³/mol. The minimum atomic E-state index is -0.918. The van der Waals surface area contributed by atoms with Crippen LogP contribution in [0.1, 0.15) is 12.5 Å². The number of cyclic esters (lactones) is 1. The molecule has 1 aliphatic rings. The van der Waals surface area contributed by atoms with Gasteiger partial charge in [-0.15, -0.1) is 0 Å². The summed E-state index contributed by atoms with van der Waals surface area (Å²) in [6, 6.07) is 16.8. The van der Waals surface area contributed by atoms with Crippen molar-refractivity contribution in [2.24, 2.45) is 5.92 Å². The molecule has 0 spiro atoms. The van der Waals surface area contributed by atoms with Crippen molar-refractivity contribution in [3.63, 3.8) is 0 Å². The Morgan fingerprint density at radius 3 is 2.52 bits per heavy atom. The number of carbonyl (C=O) groups excluding carboxylic acids is 1. The molecule has 1 saturated heterocycles. The highest BCUT2D eigenvalue weighted by molar-refractivity contribution is 5.76. The summed E-state index contributed by atoms with van der Waals surface area (Å²) in [5.41, 5.74) is 1.85. The van der Waals surface area contributed by atoms with Gasteiger partial charge in [-0.2, -0.15) is 0 Å². The van der Waals surface area contributed by atoms with Crippen LogP contribution < -0.4 is 10.1 Å². The van der Waals surface area contributed by atoms with Crippen LogP contribution in [-0.4, -0.2) is 43.0 Å². The van der Waals surface area contributed by atoms with Gasteiger partial charge < -0.3 is 24.6 Å². The quantitative estimate of drug-likeness (QED) is 0.695. The summed E-state index contributed by atoms with van der Waals surface area (Å²) in [4.78, 5) is 12.1. The Bertz CT molecular complexity index is 734. The molecule has 2 aromatic carbocycles. The molecule has 0 radical (unpaired) electrons. The maximum absolute atomic E-state index is 12.1. The molecular formula is C21H25NO5. The van der Waals surface area contributed by atoms with Crippen molar-refractivity contribution in [1.29, 1.82) is 0 Å². The zero-order chi connectivity index (χ0) is 19.2. The number of rotatable bonds is 8. The molecule has 0 bridgehead atoms. The maximum Gasteiger partial charge on any atom is 0.311 e. The van der Waals surface area contributed by atoms with Gasteiger partial charge in [0.05, 0.1) is 32.3 Å². The van der Waals surface area contributed by atoms with Gasteiger partial charge in [0.15, 0.2) is 6.10 Å². The summed E-state index contributed by atoms with van der Waals surface area (Å²) in [5.74, 6) is 0.0484.